The Morgan fingerprint density at radius 2 is 1.73 bits per heavy atom. The van der Waals surface area contributed by atoms with Gasteiger partial charge in [0.15, 0.2) is 0 Å². The zero-order chi connectivity index (χ0) is 18.6. The van der Waals surface area contributed by atoms with Crippen molar-refractivity contribution in [1.29, 1.82) is 0 Å². The van der Waals surface area contributed by atoms with Gasteiger partial charge < -0.3 is 4.74 Å². The SMILES string of the molecule is O=C(NS(=O)(=O)c1ccccc1Br)c1ccc(CN2CCOCC2)cc1. The second-order valence-electron chi connectivity index (χ2n) is 5.95. The molecule has 8 heteroatoms. The molecule has 1 fully saturated rings. The Bertz CT molecular complexity index is 878. The van der Waals surface area contributed by atoms with Gasteiger partial charge in [-0.1, -0.05) is 24.3 Å². The van der Waals surface area contributed by atoms with Gasteiger partial charge in [-0.25, -0.2) is 13.1 Å². The molecule has 138 valence electrons. The number of sulfonamides is 1. The Morgan fingerprint density at radius 1 is 1.08 bits per heavy atom. The van der Waals surface area contributed by atoms with Gasteiger partial charge in [-0.2, -0.15) is 0 Å². The summed E-state index contributed by atoms with van der Waals surface area (Å²) in [5.41, 5.74) is 1.36. The van der Waals surface area contributed by atoms with Crippen LogP contribution in [0.4, 0.5) is 0 Å². The third-order valence-electron chi connectivity index (χ3n) is 4.08. The van der Waals surface area contributed by atoms with E-state index in [0.29, 0.717) is 10.0 Å². The van der Waals surface area contributed by atoms with Crippen LogP contribution in [-0.4, -0.2) is 45.5 Å². The van der Waals surface area contributed by atoms with E-state index in [0.717, 1.165) is 38.4 Å². The number of halogens is 1. The molecule has 3 rings (SSSR count). The molecule has 0 saturated carbocycles. The van der Waals surface area contributed by atoms with E-state index in [1.807, 2.05) is 12.1 Å². The molecule has 1 amide bonds. The molecular weight excluding hydrogens is 420 g/mol. The average Bonchev–Trinajstić information content (AvgIpc) is 2.63. The summed E-state index contributed by atoms with van der Waals surface area (Å²) in [5.74, 6) is -0.654. The zero-order valence-electron chi connectivity index (χ0n) is 14.0. The van der Waals surface area contributed by atoms with Gasteiger partial charge in [0.1, 0.15) is 4.90 Å². The molecule has 6 nitrogen and oxygen atoms in total. The molecule has 1 saturated heterocycles. The normalized spacial score (nSPS) is 15.6. The van der Waals surface area contributed by atoms with E-state index in [1.165, 1.54) is 6.07 Å². The Morgan fingerprint density at radius 3 is 2.38 bits per heavy atom. The zero-order valence-corrected chi connectivity index (χ0v) is 16.4. The van der Waals surface area contributed by atoms with Crippen LogP contribution in [0, 0.1) is 0 Å². The number of morpholine rings is 1. The standard InChI is InChI=1S/C18H19BrN2O4S/c19-16-3-1-2-4-17(16)26(23,24)20-18(22)15-7-5-14(6-8-15)13-21-9-11-25-12-10-21/h1-8H,9-13H2,(H,20,22). The third-order valence-corrected chi connectivity index (χ3v) is 6.42. The monoisotopic (exact) mass is 438 g/mol. The summed E-state index contributed by atoms with van der Waals surface area (Å²) in [6, 6.07) is 13.3. The van der Waals surface area contributed by atoms with E-state index < -0.39 is 15.9 Å². The molecule has 2 aromatic carbocycles. The van der Waals surface area contributed by atoms with Crippen LogP contribution in [0.25, 0.3) is 0 Å². The van der Waals surface area contributed by atoms with Crippen molar-refractivity contribution in [1.82, 2.24) is 9.62 Å². The second-order valence-corrected chi connectivity index (χ2v) is 8.46. The number of hydrogen-bond donors (Lipinski definition) is 1. The lowest BCUT2D eigenvalue weighted by Gasteiger charge is -2.26. The van der Waals surface area contributed by atoms with Crippen LogP contribution >= 0.6 is 15.9 Å². The summed E-state index contributed by atoms with van der Waals surface area (Å²) in [4.78, 5) is 14.6. The van der Waals surface area contributed by atoms with E-state index >= 15 is 0 Å². The topological polar surface area (TPSA) is 75.7 Å². The maximum Gasteiger partial charge on any atom is 0.265 e. The lowest BCUT2D eigenvalue weighted by molar-refractivity contribution is 0.0342. The van der Waals surface area contributed by atoms with E-state index in [2.05, 4.69) is 25.6 Å². The number of nitrogens with zero attached hydrogens (tertiary/aromatic N) is 1. The fraction of sp³-hybridized carbons (Fsp3) is 0.278. The number of nitrogens with one attached hydrogen (secondary N) is 1. The maximum absolute atomic E-state index is 12.4. The predicted octanol–water partition coefficient (Wildman–Crippen LogP) is 2.40. The van der Waals surface area contributed by atoms with Gasteiger partial charge in [0.25, 0.3) is 15.9 Å². The summed E-state index contributed by atoms with van der Waals surface area (Å²) in [6.07, 6.45) is 0. The van der Waals surface area contributed by atoms with Crippen molar-refractivity contribution in [3.8, 4) is 0 Å². The lowest BCUT2D eigenvalue weighted by Crippen LogP contribution is -2.35. The number of hydrogen-bond acceptors (Lipinski definition) is 5. The van der Waals surface area contributed by atoms with Crippen LogP contribution in [0.3, 0.4) is 0 Å². The van der Waals surface area contributed by atoms with Crippen molar-refractivity contribution in [2.45, 2.75) is 11.4 Å². The number of carbonyl (C=O) groups is 1. The summed E-state index contributed by atoms with van der Waals surface area (Å²) in [5, 5.41) is 0. The van der Waals surface area contributed by atoms with Crippen molar-refractivity contribution in [3.05, 3.63) is 64.1 Å². The molecule has 1 aliphatic rings. The minimum absolute atomic E-state index is 0.0253. The molecule has 2 aromatic rings. The van der Waals surface area contributed by atoms with Crippen molar-refractivity contribution >= 4 is 31.9 Å². The molecule has 1 N–H and O–H groups in total. The van der Waals surface area contributed by atoms with E-state index in [9.17, 15) is 13.2 Å². The van der Waals surface area contributed by atoms with Crippen LogP contribution in [0.5, 0.6) is 0 Å². The van der Waals surface area contributed by atoms with E-state index in [4.69, 9.17) is 4.74 Å². The summed E-state index contributed by atoms with van der Waals surface area (Å²) < 4.78 is 32.6. The van der Waals surface area contributed by atoms with Crippen LogP contribution in [0.15, 0.2) is 57.9 Å². The smallest absolute Gasteiger partial charge is 0.265 e. The van der Waals surface area contributed by atoms with Crippen LogP contribution in [0.1, 0.15) is 15.9 Å². The first-order valence-corrected chi connectivity index (χ1v) is 10.4. The van der Waals surface area contributed by atoms with Crippen molar-refractivity contribution in [2.24, 2.45) is 0 Å². The Hall–Kier alpha value is -1.74. The fourth-order valence-corrected chi connectivity index (χ4v) is 4.66. The number of amides is 1. The first-order valence-electron chi connectivity index (χ1n) is 8.16. The number of rotatable bonds is 5. The minimum atomic E-state index is -3.94. The maximum atomic E-state index is 12.4. The molecule has 0 bridgehead atoms. The van der Waals surface area contributed by atoms with Gasteiger partial charge in [-0.05, 0) is 45.8 Å². The molecule has 0 unspecified atom stereocenters. The first kappa shape index (κ1) is 19.0. The van der Waals surface area contributed by atoms with Crippen molar-refractivity contribution in [3.63, 3.8) is 0 Å². The van der Waals surface area contributed by atoms with Crippen molar-refractivity contribution < 1.29 is 17.9 Å². The molecule has 0 radical (unpaired) electrons. The highest BCUT2D eigenvalue weighted by atomic mass is 79.9. The number of benzene rings is 2. The van der Waals surface area contributed by atoms with Gasteiger partial charge in [0.05, 0.1) is 13.2 Å². The lowest BCUT2D eigenvalue weighted by atomic mass is 10.1. The summed E-state index contributed by atoms with van der Waals surface area (Å²) in [7, 11) is -3.94. The quantitative estimate of drug-likeness (QED) is 0.775. The minimum Gasteiger partial charge on any atom is -0.379 e. The second kappa shape index (κ2) is 8.30. The molecule has 0 atom stereocenters. The van der Waals surface area contributed by atoms with Crippen LogP contribution in [-0.2, 0) is 21.3 Å². The van der Waals surface area contributed by atoms with Crippen LogP contribution < -0.4 is 4.72 Å². The molecule has 0 spiro atoms. The molecule has 1 heterocycles. The highest BCUT2D eigenvalue weighted by molar-refractivity contribution is 9.10. The molecule has 26 heavy (non-hydrogen) atoms. The third kappa shape index (κ3) is 4.70. The Balaban J connectivity index is 1.67. The Kier molecular flexibility index (Phi) is 6.08. The number of ether oxygens (including phenoxy) is 1. The largest absolute Gasteiger partial charge is 0.379 e. The van der Waals surface area contributed by atoms with Gasteiger partial charge >= 0.3 is 0 Å². The highest BCUT2D eigenvalue weighted by Gasteiger charge is 2.21. The molecular formula is C18H19BrN2O4S. The summed E-state index contributed by atoms with van der Waals surface area (Å²) in [6.45, 7) is 4.00. The van der Waals surface area contributed by atoms with Crippen LogP contribution in [0.2, 0.25) is 0 Å². The van der Waals surface area contributed by atoms with E-state index in [-0.39, 0.29) is 4.90 Å². The van der Waals surface area contributed by atoms with E-state index in [1.54, 1.807) is 30.3 Å². The van der Waals surface area contributed by atoms with Gasteiger partial charge in [0.2, 0.25) is 0 Å². The van der Waals surface area contributed by atoms with Gasteiger partial charge in [-0.3, -0.25) is 9.69 Å². The number of carbonyl (C=O) groups excluding carboxylic acids is 1. The predicted molar refractivity (Wildman–Crippen MR) is 101 cm³/mol. The van der Waals surface area contributed by atoms with Gasteiger partial charge in [-0.15, -0.1) is 0 Å². The molecule has 1 aliphatic heterocycles. The average molecular weight is 439 g/mol. The molecule has 0 aliphatic carbocycles. The van der Waals surface area contributed by atoms with Crippen molar-refractivity contribution in [2.75, 3.05) is 26.3 Å². The molecule has 0 aromatic heterocycles. The summed E-state index contributed by atoms with van der Waals surface area (Å²) >= 11 is 3.19. The fourth-order valence-electron chi connectivity index (χ4n) is 2.68. The van der Waals surface area contributed by atoms with Gasteiger partial charge in [0, 0.05) is 29.7 Å². The Labute approximate surface area is 161 Å². The highest BCUT2D eigenvalue weighted by Crippen LogP contribution is 2.21. The first-order chi connectivity index (χ1) is 12.5.